The lowest BCUT2D eigenvalue weighted by Crippen LogP contribution is -2.26. The highest BCUT2D eigenvalue weighted by molar-refractivity contribution is 6.24. The summed E-state index contributed by atoms with van der Waals surface area (Å²) in [5, 5.41) is 11.7. The summed E-state index contributed by atoms with van der Waals surface area (Å²) in [6.45, 7) is 0. The SMILES string of the molecule is COc1cccc(/C(=C\c2ccc(C(=O)NO)cc2)C(=O)NC2CC2)c1. The van der Waals surface area contributed by atoms with E-state index in [1.54, 1.807) is 42.9 Å². The Hall–Kier alpha value is -3.12. The van der Waals surface area contributed by atoms with Gasteiger partial charge in [0.15, 0.2) is 0 Å². The molecule has 0 unspecified atom stereocenters. The van der Waals surface area contributed by atoms with Gasteiger partial charge in [0, 0.05) is 17.2 Å². The van der Waals surface area contributed by atoms with E-state index in [-0.39, 0.29) is 11.9 Å². The largest absolute Gasteiger partial charge is 0.497 e. The second-order valence-electron chi connectivity index (χ2n) is 6.10. The van der Waals surface area contributed by atoms with Crippen LogP contribution in [0, 0.1) is 0 Å². The Morgan fingerprint density at radius 2 is 1.85 bits per heavy atom. The minimum atomic E-state index is -0.583. The van der Waals surface area contributed by atoms with Gasteiger partial charge in [-0.2, -0.15) is 0 Å². The molecule has 3 N–H and O–H groups in total. The van der Waals surface area contributed by atoms with E-state index in [0.29, 0.717) is 16.9 Å². The molecule has 1 aliphatic rings. The number of methoxy groups -OCH3 is 1. The van der Waals surface area contributed by atoms with Crippen molar-refractivity contribution in [1.29, 1.82) is 0 Å². The molecule has 0 spiro atoms. The highest BCUT2D eigenvalue weighted by atomic mass is 16.5. The van der Waals surface area contributed by atoms with Gasteiger partial charge >= 0.3 is 0 Å². The van der Waals surface area contributed by atoms with Gasteiger partial charge in [-0.15, -0.1) is 0 Å². The fourth-order valence-electron chi connectivity index (χ4n) is 2.52. The van der Waals surface area contributed by atoms with E-state index in [4.69, 9.17) is 9.94 Å². The molecule has 26 heavy (non-hydrogen) atoms. The first-order valence-electron chi connectivity index (χ1n) is 8.32. The van der Waals surface area contributed by atoms with Crippen molar-refractivity contribution in [1.82, 2.24) is 10.8 Å². The number of hydrogen-bond acceptors (Lipinski definition) is 4. The lowest BCUT2D eigenvalue weighted by atomic mass is 10.0. The third-order valence-corrected chi connectivity index (χ3v) is 4.12. The number of ether oxygens (including phenoxy) is 1. The molecular formula is C20H20N2O4. The summed E-state index contributed by atoms with van der Waals surface area (Å²) in [5.74, 6) is -0.0551. The molecule has 2 aromatic rings. The third kappa shape index (κ3) is 4.29. The standard InChI is InChI=1S/C20H20N2O4/c1-26-17-4-2-3-15(12-17)18(20(24)21-16-9-10-16)11-13-5-7-14(8-6-13)19(23)22-25/h2-8,11-12,16,25H,9-10H2,1H3,(H,21,24)(H,22,23)/b18-11+. The van der Waals surface area contributed by atoms with Gasteiger partial charge in [0.05, 0.1) is 7.11 Å². The maximum absolute atomic E-state index is 12.7. The summed E-state index contributed by atoms with van der Waals surface area (Å²) in [6.07, 6.45) is 3.78. The van der Waals surface area contributed by atoms with Crippen LogP contribution in [0.25, 0.3) is 11.6 Å². The highest BCUT2D eigenvalue weighted by Crippen LogP contribution is 2.25. The monoisotopic (exact) mass is 352 g/mol. The molecule has 0 saturated heterocycles. The minimum Gasteiger partial charge on any atom is -0.497 e. The molecule has 1 fully saturated rings. The highest BCUT2D eigenvalue weighted by Gasteiger charge is 2.25. The zero-order chi connectivity index (χ0) is 18.5. The van der Waals surface area contributed by atoms with Crippen LogP contribution in [0.15, 0.2) is 48.5 Å². The zero-order valence-corrected chi connectivity index (χ0v) is 14.4. The van der Waals surface area contributed by atoms with Gasteiger partial charge < -0.3 is 10.1 Å². The van der Waals surface area contributed by atoms with Crippen molar-refractivity contribution in [2.75, 3.05) is 7.11 Å². The van der Waals surface area contributed by atoms with E-state index < -0.39 is 5.91 Å². The van der Waals surface area contributed by atoms with Gasteiger partial charge in [-0.1, -0.05) is 24.3 Å². The van der Waals surface area contributed by atoms with Crippen LogP contribution < -0.4 is 15.5 Å². The van der Waals surface area contributed by atoms with Crippen molar-refractivity contribution in [3.63, 3.8) is 0 Å². The van der Waals surface area contributed by atoms with E-state index in [0.717, 1.165) is 24.0 Å². The summed E-state index contributed by atoms with van der Waals surface area (Å²) < 4.78 is 5.26. The molecule has 0 aliphatic heterocycles. The molecule has 0 radical (unpaired) electrons. The number of rotatable bonds is 6. The molecule has 0 bridgehead atoms. The van der Waals surface area contributed by atoms with Crippen LogP contribution in [0.3, 0.4) is 0 Å². The molecule has 2 aromatic carbocycles. The predicted molar refractivity (Wildman–Crippen MR) is 97.7 cm³/mol. The number of carbonyl (C=O) groups is 2. The van der Waals surface area contributed by atoms with Crippen LogP contribution in [-0.4, -0.2) is 30.2 Å². The first-order valence-corrected chi connectivity index (χ1v) is 8.32. The van der Waals surface area contributed by atoms with Gasteiger partial charge in [-0.05, 0) is 54.3 Å². The summed E-state index contributed by atoms with van der Waals surface area (Å²) in [6, 6.07) is 14.2. The predicted octanol–water partition coefficient (Wildman–Crippen LogP) is 2.63. The average molecular weight is 352 g/mol. The van der Waals surface area contributed by atoms with Crippen molar-refractivity contribution < 1.29 is 19.5 Å². The number of hydrogen-bond donors (Lipinski definition) is 3. The third-order valence-electron chi connectivity index (χ3n) is 4.12. The molecule has 1 saturated carbocycles. The Bertz CT molecular complexity index is 839. The quantitative estimate of drug-likeness (QED) is 0.323. The molecule has 1 aliphatic carbocycles. The Balaban J connectivity index is 1.94. The second kappa shape index (κ2) is 7.84. The van der Waals surface area contributed by atoms with Crippen LogP contribution >= 0.6 is 0 Å². The summed E-state index contributed by atoms with van der Waals surface area (Å²) in [5.41, 5.74) is 3.96. The summed E-state index contributed by atoms with van der Waals surface area (Å²) >= 11 is 0. The molecule has 0 atom stereocenters. The molecule has 2 amide bonds. The van der Waals surface area contributed by atoms with Crippen LogP contribution in [0.5, 0.6) is 5.75 Å². The van der Waals surface area contributed by atoms with Crippen molar-refractivity contribution in [3.8, 4) is 5.75 Å². The average Bonchev–Trinajstić information content (AvgIpc) is 3.49. The molecule has 6 heteroatoms. The number of benzene rings is 2. The lowest BCUT2D eigenvalue weighted by Gasteiger charge is -2.10. The number of amides is 2. The van der Waals surface area contributed by atoms with Crippen LogP contribution in [0.4, 0.5) is 0 Å². The second-order valence-corrected chi connectivity index (χ2v) is 6.10. The van der Waals surface area contributed by atoms with Gasteiger partial charge in [-0.25, -0.2) is 5.48 Å². The maximum Gasteiger partial charge on any atom is 0.274 e. The Morgan fingerprint density at radius 3 is 2.46 bits per heavy atom. The summed E-state index contributed by atoms with van der Waals surface area (Å²) in [4.78, 5) is 24.1. The lowest BCUT2D eigenvalue weighted by molar-refractivity contribution is -0.115. The maximum atomic E-state index is 12.7. The van der Waals surface area contributed by atoms with Gasteiger partial charge in [0.25, 0.3) is 11.8 Å². The molecule has 6 nitrogen and oxygen atoms in total. The fourth-order valence-corrected chi connectivity index (χ4v) is 2.52. The van der Waals surface area contributed by atoms with Gasteiger partial charge in [0.2, 0.25) is 0 Å². The smallest absolute Gasteiger partial charge is 0.274 e. The first kappa shape index (κ1) is 17.7. The Morgan fingerprint density at radius 1 is 1.12 bits per heavy atom. The Kier molecular flexibility index (Phi) is 5.34. The summed E-state index contributed by atoms with van der Waals surface area (Å²) in [7, 11) is 1.58. The van der Waals surface area contributed by atoms with Crippen molar-refractivity contribution in [3.05, 3.63) is 65.2 Å². The molecule has 134 valence electrons. The van der Waals surface area contributed by atoms with Crippen LogP contribution in [0.1, 0.15) is 34.3 Å². The minimum absolute atomic E-state index is 0.141. The van der Waals surface area contributed by atoms with E-state index in [1.807, 2.05) is 24.3 Å². The van der Waals surface area contributed by atoms with Crippen LogP contribution in [0.2, 0.25) is 0 Å². The van der Waals surface area contributed by atoms with E-state index in [9.17, 15) is 9.59 Å². The number of hydroxylamine groups is 1. The molecule has 0 heterocycles. The van der Waals surface area contributed by atoms with Crippen molar-refractivity contribution in [2.24, 2.45) is 0 Å². The topological polar surface area (TPSA) is 87.7 Å². The Labute approximate surface area is 151 Å². The van der Waals surface area contributed by atoms with Gasteiger partial charge in [0.1, 0.15) is 5.75 Å². The molecule has 3 rings (SSSR count). The van der Waals surface area contributed by atoms with Crippen molar-refractivity contribution >= 4 is 23.5 Å². The van der Waals surface area contributed by atoms with Crippen LogP contribution in [-0.2, 0) is 4.79 Å². The van der Waals surface area contributed by atoms with E-state index in [1.165, 1.54) is 0 Å². The van der Waals surface area contributed by atoms with Crippen molar-refractivity contribution in [2.45, 2.75) is 18.9 Å². The normalized spacial score (nSPS) is 13.8. The zero-order valence-electron chi connectivity index (χ0n) is 14.4. The number of nitrogens with one attached hydrogen (secondary N) is 2. The van der Waals surface area contributed by atoms with Gasteiger partial charge in [-0.3, -0.25) is 14.8 Å². The van der Waals surface area contributed by atoms with E-state index >= 15 is 0 Å². The molecule has 0 aromatic heterocycles. The molecular weight excluding hydrogens is 332 g/mol. The fraction of sp³-hybridized carbons (Fsp3) is 0.200. The number of carbonyl (C=O) groups excluding carboxylic acids is 2. The van der Waals surface area contributed by atoms with E-state index in [2.05, 4.69) is 5.32 Å². The first-order chi connectivity index (χ1) is 12.6.